The third-order valence-corrected chi connectivity index (χ3v) is 5.86. The second-order valence-corrected chi connectivity index (χ2v) is 8.29. The molecule has 0 unspecified atom stereocenters. The van der Waals surface area contributed by atoms with Gasteiger partial charge in [-0.15, -0.1) is 0 Å². The van der Waals surface area contributed by atoms with Crippen LogP contribution in [0.4, 0.5) is 11.4 Å². The molecule has 0 spiro atoms. The number of sulfonamides is 1. The Kier molecular flexibility index (Phi) is 5.12. The number of carboxylic acids is 1. The first-order valence-electron chi connectivity index (χ1n) is 9.05. The highest BCUT2D eigenvalue weighted by Crippen LogP contribution is 2.36. The van der Waals surface area contributed by atoms with E-state index in [4.69, 9.17) is 19.3 Å². The number of carbonyl (C=O) groups excluding carboxylic acids is 1. The van der Waals surface area contributed by atoms with Crippen LogP contribution >= 0.6 is 0 Å². The smallest absolute Gasteiger partial charge is 0.323 e. The first-order chi connectivity index (χ1) is 14.3. The Bertz CT molecular complexity index is 1120. The highest BCUT2D eigenvalue weighted by atomic mass is 32.2. The summed E-state index contributed by atoms with van der Waals surface area (Å²) in [5, 5.41) is 9.06. The SMILES string of the molecule is O=C(O)CN1C(=O)COc2ccc(S(=O)(=O)Nc3ccc4c(c3)OCCCO4)cc21. The summed E-state index contributed by atoms with van der Waals surface area (Å²) in [6.45, 7) is 0.0540. The predicted molar refractivity (Wildman–Crippen MR) is 105 cm³/mol. The molecule has 2 aromatic carbocycles. The largest absolute Gasteiger partial charge is 0.490 e. The molecule has 10 nitrogen and oxygen atoms in total. The van der Waals surface area contributed by atoms with E-state index in [1.807, 2.05) is 0 Å². The molecule has 2 N–H and O–H groups in total. The van der Waals surface area contributed by atoms with Crippen LogP contribution in [0.1, 0.15) is 6.42 Å². The predicted octanol–water partition coefficient (Wildman–Crippen LogP) is 1.46. The number of amides is 1. The summed E-state index contributed by atoms with van der Waals surface area (Å²) in [5.41, 5.74) is 0.349. The molecule has 2 heterocycles. The topological polar surface area (TPSA) is 131 Å². The van der Waals surface area contributed by atoms with Crippen LogP contribution in [0.25, 0.3) is 0 Å². The van der Waals surface area contributed by atoms with Gasteiger partial charge in [0.2, 0.25) is 0 Å². The Morgan fingerprint density at radius 3 is 2.53 bits per heavy atom. The van der Waals surface area contributed by atoms with Gasteiger partial charge < -0.3 is 19.3 Å². The van der Waals surface area contributed by atoms with E-state index in [9.17, 15) is 18.0 Å². The van der Waals surface area contributed by atoms with Crippen molar-refractivity contribution >= 4 is 33.3 Å². The first kappa shape index (κ1) is 19.8. The van der Waals surface area contributed by atoms with Crippen molar-refractivity contribution in [2.45, 2.75) is 11.3 Å². The van der Waals surface area contributed by atoms with E-state index in [0.29, 0.717) is 24.7 Å². The number of carbonyl (C=O) groups is 2. The number of carboxylic acid groups (broad SMARTS) is 1. The Balaban J connectivity index is 1.64. The third-order valence-electron chi connectivity index (χ3n) is 4.48. The molecule has 2 aliphatic heterocycles. The number of hydrogen-bond acceptors (Lipinski definition) is 7. The monoisotopic (exact) mass is 434 g/mol. The number of rotatable bonds is 5. The lowest BCUT2D eigenvalue weighted by molar-refractivity contribution is -0.137. The molecule has 30 heavy (non-hydrogen) atoms. The molecule has 0 saturated heterocycles. The highest BCUT2D eigenvalue weighted by molar-refractivity contribution is 7.92. The fraction of sp³-hybridized carbons (Fsp3) is 0.263. The standard InChI is InChI=1S/C19H18N2O8S/c22-18-11-29-15-5-3-13(9-14(15)21(18)10-19(23)24)30(25,26)20-12-2-4-16-17(8-12)28-7-1-6-27-16/h2-5,8-9,20H,1,6-7,10-11H2,(H,23,24). The van der Waals surface area contributed by atoms with Crippen molar-refractivity contribution in [1.29, 1.82) is 0 Å². The van der Waals surface area contributed by atoms with E-state index in [1.54, 1.807) is 12.1 Å². The van der Waals surface area contributed by atoms with Crippen LogP contribution in [0, 0.1) is 0 Å². The molecule has 0 radical (unpaired) electrons. The van der Waals surface area contributed by atoms with Gasteiger partial charge in [0.1, 0.15) is 12.3 Å². The third kappa shape index (κ3) is 3.96. The van der Waals surface area contributed by atoms with E-state index >= 15 is 0 Å². The number of nitrogens with zero attached hydrogens (tertiary/aromatic N) is 1. The molecule has 1 amide bonds. The maximum Gasteiger partial charge on any atom is 0.323 e. The van der Waals surface area contributed by atoms with Crippen molar-refractivity contribution in [2.75, 3.05) is 36.0 Å². The van der Waals surface area contributed by atoms with Crippen LogP contribution in [0.5, 0.6) is 17.2 Å². The zero-order valence-electron chi connectivity index (χ0n) is 15.7. The minimum absolute atomic E-state index is 0.0789. The summed E-state index contributed by atoms with van der Waals surface area (Å²) in [7, 11) is -4.04. The number of anilines is 2. The van der Waals surface area contributed by atoms with Gasteiger partial charge in [0.05, 0.1) is 29.5 Å². The minimum Gasteiger partial charge on any atom is -0.490 e. The van der Waals surface area contributed by atoms with Gasteiger partial charge in [-0.25, -0.2) is 8.42 Å². The second-order valence-electron chi connectivity index (χ2n) is 6.61. The number of aliphatic carboxylic acids is 1. The van der Waals surface area contributed by atoms with Crippen molar-refractivity contribution < 1.29 is 37.3 Å². The maximum absolute atomic E-state index is 12.9. The first-order valence-corrected chi connectivity index (χ1v) is 10.5. The summed E-state index contributed by atoms with van der Waals surface area (Å²) in [5.74, 6) is -0.607. The van der Waals surface area contributed by atoms with Gasteiger partial charge in [0.25, 0.3) is 15.9 Å². The molecular formula is C19H18N2O8S. The van der Waals surface area contributed by atoms with Crippen LogP contribution in [0.3, 0.4) is 0 Å². The van der Waals surface area contributed by atoms with Crippen LogP contribution in [-0.2, 0) is 19.6 Å². The molecule has 0 bridgehead atoms. The Morgan fingerprint density at radius 2 is 1.77 bits per heavy atom. The summed E-state index contributed by atoms with van der Waals surface area (Å²) in [6.07, 6.45) is 0.721. The Hall–Kier alpha value is -3.47. The van der Waals surface area contributed by atoms with Gasteiger partial charge >= 0.3 is 5.97 Å². The van der Waals surface area contributed by atoms with Gasteiger partial charge in [0, 0.05) is 12.5 Å². The molecule has 0 saturated carbocycles. The molecule has 158 valence electrons. The number of hydrogen-bond donors (Lipinski definition) is 2. The van der Waals surface area contributed by atoms with Crippen LogP contribution in [0.2, 0.25) is 0 Å². The molecule has 0 aromatic heterocycles. The normalized spacial score (nSPS) is 15.6. The Morgan fingerprint density at radius 1 is 1.03 bits per heavy atom. The van der Waals surface area contributed by atoms with Crippen molar-refractivity contribution in [3.05, 3.63) is 36.4 Å². The van der Waals surface area contributed by atoms with Gasteiger partial charge in [-0.3, -0.25) is 19.2 Å². The average molecular weight is 434 g/mol. The summed E-state index contributed by atoms with van der Waals surface area (Å²) >= 11 is 0. The zero-order valence-corrected chi connectivity index (χ0v) is 16.5. The minimum atomic E-state index is -4.04. The molecular weight excluding hydrogens is 416 g/mol. The fourth-order valence-electron chi connectivity index (χ4n) is 3.10. The molecule has 2 aromatic rings. The summed E-state index contributed by atoms with van der Waals surface area (Å²) in [6, 6.07) is 8.61. The van der Waals surface area contributed by atoms with E-state index in [-0.39, 0.29) is 28.6 Å². The van der Waals surface area contributed by atoms with Crippen LogP contribution in [-0.4, -0.2) is 51.8 Å². The van der Waals surface area contributed by atoms with E-state index in [1.165, 1.54) is 24.3 Å². The highest BCUT2D eigenvalue weighted by Gasteiger charge is 2.29. The quantitative estimate of drug-likeness (QED) is 0.723. The van der Waals surface area contributed by atoms with Gasteiger partial charge in [0.15, 0.2) is 18.1 Å². The zero-order chi connectivity index (χ0) is 21.3. The van der Waals surface area contributed by atoms with Gasteiger partial charge in [-0.1, -0.05) is 0 Å². The number of fused-ring (bicyclic) bond motifs is 2. The number of nitrogens with one attached hydrogen (secondary N) is 1. The number of ether oxygens (including phenoxy) is 3. The van der Waals surface area contributed by atoms with Crippen molar-refractivity contribution in [2.24, 2.45) is 0 Å². The van der Waals surface area contributed by atoms with E-state index in [2.05, 4.69) is 4.72 Å². The van der Waals surface area contributed by atoms with Crippen LogP contribution < -0.4 is 23.8 Å². The fourth-order valence-corrected chi connectivity index (χ4v) is 4.17. The molecule has 2 aliphatic rings. The van der Waals surface area contributed by atoms with Crippen molar-refractivity contribution in [3.8, 4) is 17.2 Å². The lowest BCUT2D eigenvalue weighted by atomic mass is 10.2. The maximum atomic E-state index is 12.9. The number of benzene rings is 2. The van der Waals surface area contributed by atoms with Gasteiger partial charge in [-0.05, 0) is 30.3 Å². The summed E-state index contributed by atoms with van der Waals surface area (Å²) < 4.78 is 44.6. The molecule has 11 heteroatoms. The van der Waals surface area contributed by atoms with E-state index in [0.717, 1.165) is 11.3 Å². The summed E-state index contributed by atoms with van der Waals surface area (Å²) in [4.78, 5) is 24.0. The lowest BCUT2D eigenvalue weighted by Gasteiger charge is -2.28. The second kappa shape index (κ2) is 7.75. The molecule has 0 atom stereocenters. The lowest BCUT2D eigenvalue weighted by Crippen LogP contribution is -2.42. The average Bonchev–Trinajstić information content (AvgIpc) is 2.94. The molecule has 0 aliphatic carbocycles. The molecule has 0 fully saturated rings. The molecule has 4 rings (SSSR count). The van der Waals surface area contributed by atoms with Crippen molar-refractivity contribution in [3.63, 3.8) is 0 Å². The van der Waals surface area contributed by atoms with Gasteiger partial charge in [-0.2, -0.15) is 0 Å². The van der Waals surface area contributed by atoms with E-state index < -0.39 is 28.4 Å². The van der Waals surface area contributed by atoms with Crippen molar-refractivity contribution in [1.82, 2.24) is 0 Å². The Labute approximate surface area is 172 Å². The van der Waals surface area contributed by atoms with Crippen LogP contribution in [0.15, 0.2) is 41.3 Å².